The number of hydrogen-bond acceptors (Lipinski definition) is 3. The topological polar surface area (TPSA) is 72.2 Å². The van der Waals surface area contributed by atoms with Gasteiger partial charge < -0.3 is 5.11 Å². The average molecular weight is 230 g/mol. The Bertz CT molecular complexity index is 587. The molecule has 86 valence electrons. The lowest BCUT2D eigenvalue weighted by Gasteiger charge is -2.06. The highest BCUT2D eigenvalue weighted by molar-refractivity contribution is 5.86. The van der Waals surface area contributed by atoms with E-state index < -0.39 is 5.97 Å². The second-order valence-corrected chi connectivity index (χ2v) is 3.56. The second kappa shape index (κ2) is 4.21. The number of hydrogen-bond donors (Lipinski definition) is 1. The number of benzene rings is 1. The summed E-state index contributed by atoms with van der Waals surface area (Å²) >= 11 is 0. The van der Waals surface area contributed by atoms with Crippen LogP contribution >= 0.6 is 0 Å². The van der Waals surface area contributed by atoms with E-state index in [0.29, 0.717) is 16.9 Å². The molecule has 5 nitrogen and oxygen atoms in total. The van der Waals surface area contributed by atoms with Gasteiger partial charge in [-0.25, -0.2) is 9.48 Å². The van der Waals surface area contributed by atoms with Crippen LogP contribution in [-0.2, 0) is 0 Å². The maximum absolute atomic E-state index is 10.9. The second-order valence-electron chi connectivity index (χ2n) is 3.56. The van der Waals surface area contributed by atoms with Crippen molar-refractivity contribution in [3.8, 4) is 5.69 Å². The zero-order chi connectivity index (χ0) is 12.4. The Hall–Kier alpha value is -2.43. The summed E-state index contributed by atoms with van der Waals surface area (Å²) in [6.07, 6.45) is 0.719. The SMILES string of the molecule is Cc1cc(C(=O)O)nn1-c1ccccc1C=O. The van der Waals surface area contributed by atoms with E-state index in [9.17, 15) is 9.59 Å². The van der Waals surface area contributed by atoms with E-state index in [1.165, 1.54) is 10.7 Å². The lowest BCUT2D eigenvalue weighted by molar-refractivity contribution is 0.0690. The molecule has 1 heterocycles. The average Bonchev–Trinajstić information content (AvgIpc) is 2.71. The lowest BCUT2D eigenvalue weighted by Crippen LogP contribution is -2.04. The van der Waals surface area contributed by atoms with E-state index in [1.807, 2.05) is 0 Å². The van der Waals surface area contributed by atoms with Crippen LogP contribution in [0.2, 0.25) is 0 Å². The minimum absolute atomic E-state index is 0.0387. The van der Waals surface area contributed by atoms with Crippen LogP contribution in [-0.4, -0.2) is 27.1 Å². The molecule has 2 rings (SSSR count). The van der Waals surface area contributed by atoms with Crippen LogP contribution in [0.5, 0.6) is 0 Å². The molecule has 2 aromatic rings. The van der Waals surface area contributed by atoms with Gasteiger partial charge in [0.1, 0.15) is 0 Å². The minimum atomic E-state index is -1.09. The summed E-state index contributed by atoms with van der Waals surface area (Å²) in [6, 6.07) is 8.34. The van der Waals surface area contributed by atoms with Gasteiger partial charge in [-0.05, 0) is 25.1 Å². The number of aromatic carboxylic acids is 1. The highest BCUT2D eigenvalue weighted by atomic mass is 16.4. The molecule has 0 radical (unpaired) electrons. The van der Waals surface area contributed by atoms with Gasteiger partial charge in [0, 0.05) is 11.3 Å². The van der Waals surface area contributed by atoms with Gasteiger partial charge in [-0.3, -0.25) is 4.79 Å². The smallest absolute Gasteiger partial charge is 0.356 e. The maximum Gasteiger partial charge on any atom is 0.356 e. The van der Waals surface area contributed by atoms with Gasteiger partial charge in [0.2, 0.25) is 0 Å². The lowest BCUT2D eigenvalue weighted by atomic mass is 10.2. The van der Waals surface area contributed by atoms with Crippen molar-refractivity contribution in [1.82, 2.24) is 9.78 Å². The molecule has 5 heteroatoms. The Morgan fingerprint density at radius 2 is 2.12 bits per heavy atom. The van der Waals surface area contributed by atoms with Crippen LogP contribution in [0.25, 0.3) is 5.69 Å². The Labute approximate surface area is 97.3 Å². The van der Waals surface area contributed by atoms with Gasteiger partial charge in [0.25, 0.3) is 0 Å². The molecule has 0 aliphatic heterocycles. The number of nitrogens with zero attached hydrogens (tertiary/aromatic N) is 2. The van der Waals surface area contributed by atoms with Crippen LogP contribution in [0.3, 0.4) is 0 Å². The third-order valence-electron chi connectivity index (χ3n) is 2.40. The number of aryl methyl sites for hydroxylation is 1. The van der Waals surface area contributed by atoms with Gasteiger partial charge in [0.05, 0.1) is 5.69 Å². The van der Waals surface area contributed by atoms with Gasteiger partial charge in [-0.1, -0.05) is 12.1 Å². The highest BCUT2D eigenvalue weighted by Gasteiger charge is 2.13. The molecule has 1 N–H and O–H groups in total. The van der Waals surface area contributed by atoms with Crippen LogP contribution < -0.4 is 0 Å². The van der Waals surface area contributed by atoms with Crippen LogP contribution in [0.15, 0.2) is 30.3 Å². The summed E-state index contributed by atoms with van der Waals surface area (Å²) in [5.74, 6) is -1.09. The molecule has 0 fully saturated rings. The van der Waals surface area contributed by atoms with Crippen LogP contribution in [0.4, 0.5) is 0 Å². The van der Waals surface area contributed by atoms with E-state index >= 15 is 0 Å². The monoisotopic (exact) mass is 230 g/mol. The Kier molecular flexibility index (Phi) is 2.74. The predicted octanol–water partition coefficient (Wildman–Crippen LogP) is 1.69. The summed E-state index contributed by atoms with van der Waals surface area (Å²) in [5, 5.41) is 12.8. The summed E-state index contributed by atoms with van der Waals surface area (Å²) in [5.41, 5.74) is 1.67. The molecule has 0 amide bonds. The fourth-order valence-electron chi connectivity index (χ4n) is 1.60. The summed E-state index contributed by atoms with van der Waals surface area (Å²) < 4.78 is 1.45. The first-order chi connectivity index (χ1) is 8.13. The number of rotatable bonds is 3. The van der Waals surface area contributed by atoms with Gasteiger partial charge >= 0.3 is 5.97 Å². The van der Waals surface area contributed by atoms with Crippen molar-refractivity contribution in [1.29, 1.82) is 0 Å². The Balaban J connectivity index is 2.60. The number of carbonyl (C=O) groups is 2. The zero-order valence-corrected chi connectivity index (χ0v) is 9.12. The molecule has 1 aromatic heterocycles. The van der Waals surface area contributed by atoms with E-state index in [0.717, 1.165) is 6.29 Å². The van der Waals surface area contributed by atoms with Crippen molar-refractivity contribution in [3.05, 3.63) is 47.3 Å². The first-order valence-corrected chi connectivity index (χ1v) is 4.98. The van der Waals surface area contributed by atoms with E-state index in [-0.39, 0.29) is 5.69 Å². The molecule has 0 atom stereocenters. The van der Waals surface area contributed by atoms with Crippen LogP contribution in [0.1, 0.15) is 26.5 Å². The van der Waals surface area contributed by atoms with Crippen molar-refractivity contribution in [2.24, 2.45) is 0 Å². The number of para-hydroxylation sites is 1. The largest absolute Gasteiger partial charge is 0.476 e. The molecule has 0 unspecified atom stereocenters. The molecule has 17 heavy (non-hydrogen) atoms. The summed E-state index contributed by atoms with van der Waals surface area (Å²) in [7, 11) is 0. The molecule has 0 saturated carbocycles. The third kappa shape index (κ3) is 1.94. The molecular formula is C12H10N2O3. The number of aromatic nitrogens is 2. The number of aldehydes is 1. The molecule has 0 aliphatic rings. The Morgan fingerprint density at radius 1 is 1.41 bits per heavy atom. The summed E-state index contributed by atoms with van der Waals surface area (Å²) in [6.45, 7) is 1.74. The molecule has 0 aliphatic carbocycles. The normalized spacial score (nSPS) is 10.2. The molecule has 1 aromatic carbocycles. The number of carbonyl (C=O) groups excluding carboxylic acids is 1. The fraction of sp³-hybridized carbons (Fsp3) is 0.0833. The standard InChI is InChI=1S/C12H10N2O3/c1-8-6-10(12(16)17)13-14(8)11-5-3-2-4-9(11)7-15/h2-7H,1H3,(H,16,17). The van der Waals surface area contributed by atoms with Crippen molar-refractivity contribution in [2.75, 3.05) is 0 Å². The van der Waals surface area contributed by atoms with Gasteiger partial charge in [0.15, 0.2) is 12.0 Å². The molecule has 0 spiro atoms. The molecule has 0 saturated heterocycles. The quantitative estimate of drug-likeness (QED) is 0.814. The predicted molar refractivity (Wildman–Crippen MR) is 60.6 cm³/mol. The van der Waals surface area contributed by atoms with Crippen molar-refractivity contribution < 1.29 is 14.7 Å². The third-order valence-corrected chi connectivity index (χ3v) is 2.40. The van der Waals surface area contributed by atoms with Crippen molar-refractivity contribution >= 4 is 12.3 Å². The zero-order valence-electron chi connectivity index (χ0n) is 9.12. The molecule has 0 bridgehead atoms. The fourth-order valence-corrected chi connectivity index (χ4v) is 1.60. The van der Waals surface area contributed by atoms with E-state index in [2.05, 4.69) is 5.10 Å². The highest BCUT2D eigenvalue weighted by Crippen LogP contribution is 2.15. The Morgan fingerprint density at radius 3 is 2.71 bits per heavy atom. The van der Waals surface area contributed by atoms with Crippen molar-refractivity contribution in [2.45, 2.75) is 6.92 Å². The van der Waals surface area contributed by atoms with Gasteiger partial charge in [-0.15, -0.1) is 0 Å². The van der Waals surface area contributed by atoms with E-state index in [1.54, 1.807) is 31.2 Å². The number of carboxylic acid groups (broad SMARTS) is 1. The van der Waals surface area contributed by atoms with Crippen molar-refractivity contribution in [3.63, 3.8) is 0 Å². The maximum atomic E-state index is 10.9. The summed E-state index contributed by atoms with van der Waals surface area (Å²) in [4.78, 5) is 21.7. The molecular weight excluding hydrogens is 220 g/mol. The minimum Gasteiger partial charge on any atom is -0.476 e. The van der Waals surface area contributed by atoms with Gasteiger partial charge in [-0.2, -0.15) is 5.10 Å². The number of carboxylic acids is 1. The van der Waals surface area contributed by atoms with E-state index in [4.69, 9.17) is 5.11 Å². The first kappa shape index (κ1) is 11.1. The first-order valence-electron chi connectivity index (χ1n) is 4.98. The van der Waals surface area contributed by atoms with Crippen LogP contribution in [0, 0.1) is 6.92 Å².